The number of carbonyl (C=O) groups excluding carboxylic acids is 1. The van der Waals surface area contributed by atoms with Crippen LogP contribution in [0.15, 0.2) is 54.7 Å². The number of nitrogens with zero attached hydrogens (tertiary/aromatic N) is 2. The summed E-state index contributed by atoms with van der Waals surface area (Å²) in [4.78, 5) is 11.9. The van der Waals surface area contributed by atoms with Crippen LogP contribution in [0.4, 0.5) is 4.39 Å². The molecule has 112 valence electrons. The summed E-state index contributed by atoms with van der Waals surface area (Å²) < 4.78 is 14.9. The van der Waals surface area contributed by atoms with E-state index in [1.807, 2.05) is 28.9 Å². The molecule has 4 nitrogen and oxygen atoms in total. The fourth-order valence-corrected chi connectivity index (χ4v) is 2.35. The van der Waals surface area contributed by atoms with Gasteiger partial charge in [0.1, 0.15) is 5.82 Å². The SMILES string of the molecule is O=C(CCn1ncc2ccccc21)NCc1cccc(F)c1. The number of aromatic nitrogens is 2. The van der Waals surface area contributed by atoms with Crippen LogP contribution in [0.25, 0.3) is 10.9 Å². The van der Waals surface area contributed by atoms with E-state index in [4.69, 9.17) is 0 Å². The number of para-hydroxylation sites is 1. The van der Waals surface area contributed by atoms with E-state index >= 15 is 0 Å². The fraction of sp³-hybridized carbons (Fsp3) is 0.176. The number of fused-ring (bicyclic) bond motifs is 1. The second-order valence-electron chi connectivity index (χ2n) is 5.08. The summed E-state index contributed by atoms with van der Waals surface area (Å²) in [5.41, 5.74) is 1.76. The molecule has 22 heavy (non-hydrogen) atoms. The van der Waals surface area contributed by atoms with Crippen LogP contribution in [0.3, 0.4) is 0 Å². The van der Waals surface area contributed by atoms with Gasteiger partial charge in [-0.25, -0.2) is 4.39 Å². The first-order valence-corrected chi connectivity index (χ1v) is 7.14. The molecule has 0 saturated heterocycles. The summed E-state index contributed by atoms with van der Waals surface area (Å²) >= 11 is 0. The summed E-state index contributed by atoms with van der Waals surface area (Å²) in [6.07, 6.45) is 2.13. The lowest BCUT2D eigenvalue weighted by Crippen LogP contribution is -2.24. The van der Waals surface area contributed by atoms with Crippen LogP contribution >= 0.6 is 0 Å². The van der Waals surface area contributed by atoms with E-state index in [1.54, 1.807) is 18.3 Å². The Morgan fingerprint density at radius 3 is 2.91 bits per heavy atom. The maximum Gasteiger partial charge on any atom is 0.222 e. The highest BCUT2D eigenvalue weighted by Crippen LogP contribution is 2.12. The maximum absolute atomic E-state index is 13.0. The summed E-state index contributed by atoms with van der Waals surface area (Å²) in [5.74, 6) is -0.376. The topological polar surface area (TPSA) is 46.9 Å². The van der Waals surface area contributed by atoms with E-state index < -0.39 is 0 Å². The van der Waals surface area contributed by atoms with Crippen molar-refractivity contribution in [3.8, 4) is 0 Å². The molecule has 0 bridgehead atoms. The molecule has 0 fully saturated rings. The highest BCUT2D eigenvalue weighted by Gasteiger charge is 2.05. The van der Waals surface area contributed by atoms with Gasteiger partial charge in [0.25, 0.3) is 0 Å². The molecule has 0 aliphatic heterocycles. The van der Waals surface area contributed by atoms with Crippen molar-refractivity contribution in [2.45, 2.75) is 19.5 Å². The first-order chi connectivity index (χ1) is 10.7. The number of benzene rings is 2. The highest BCUT2D eigenvalue weighted by atomic mass is 19.1. The van der Waals surface area contributed by atoms with Gasteiger partial charge in [0.15, 0.2) is 0 Å². The first-order valence-electron chi connectivity index (χ1n) is 7.14. The number of hydrogen-bond acceptors (Lipinski definition) is 2. The Morgan fingerprint density at radius 1 is 1.18 bits per heavy atom. The van der Waals surface area contributed by atoms with E-state index in [0.717, 1.165) is 16.5 Å². The zero-order chi connectivity index (χ0) is 15.4. The second kappa shape index (κ2) is 6.39. The zero-order valence-electron chi connectivity index (χ0n) is 12.0. The number of halogens is 1. The molecule has 1 aromatic heterocycles. The number of hydrogen-bond donors (Lipinski definition) is 1. The average molecular weight is 297 g/mol. The molecule has 0 radical (unpaired) electrons. The summed E-state index contributed by atoms with van der Waals surface area (Å²) in [6, 6.07) is 14.1. The quantitative estimate of drug-likeness (QED) is 0.787. The van der Waals surface area contributed by atoms with Crippen molar-refractivity contribution in [1.82, 2.24) is 15.1 Å². The lowest BCUT2D eigenvalue weighted by Gasteiger charge is -2.06. The normalized spacial score (nSPS) is 10.8. The van der Waals surface area contributed by atoms with Crippen molar-refractivity contribution in [2.24, 2.45) is 0 Å². The molecule has 0 aliphatic carbocycles. The van der Waals surface area contributed by atoms with Crippen molar-refractivity contribution in [1.29, 1.82) is 0 Å². The van der Waals surface area contributed by atoms with Crippen LogP contribution in [-0.4, -0.2) is 15.7 Å². The Balaban J connectivity index is 1.54. The Morgan fingerprint density at radius 2 is 2.05 bits per heavy atom. The molecule has 1 N–H and O–H groups in total. The summed E-state index contributed by atoms with van der Waals surface area (Å²) in [7, 11) is 0. The van der Waals surface area contributed by atoms with E-state index in [2.05, 4.69) is 10.4 Å². The Labute approximate surface area is 127 Å². The van der Waals surface area contributed by atoms with Gasteiger partial charge in [-0.05, 0) is 23.8 Å². The zero-order valence-corrected chi connectivity index (χ0v) is 12.0. The van der Waals surface area contributed by atoms with Gasteiger partial charge < -0.3 is 5.32 Å². The van der Waals surface area contributed by atoms with Gasteiger partial charge in [-0.3, -0.25) is 9.48 Å². The average Bonchev–Trinajstić information content (AvgIpc) is 2.94. The van der Waals surface area contributed by atoms with Gasteiger partial charge in [-0.1, -0.05) is 30.3 Å². The molecule has 3 rings (SSSR count). The van der Waals surface area contributed by atoms with Gasteiger partial charge in [0.2, 0.25) is 5.91 Å². The van der Waals surface area contributed by atoms with Crippen LogP contribution < -0.4 is 5.32 Å². The number of nitrogens with one attached hydrogen (secondary N) is 1. The van der Waals surface area contributed by atoms with Crippen molar-refractivity contribution in [2.75, 3.05) is 0 Å². The molecule has 0 unspecified atom stereocenters. The number of amides is 1. The Bertz CT molecular complexity index is 797. The molecular formula is C17H16FN3O. The minimum absolute atomic E-state index is 0.0798. The molecule has 0 aliphatic rings. The molecule has 1 heterocycles. The van der Waals surface area contributed by atoms with Crippen LogP contribution in [0.2, 0.25) is 0 Å². The molecule has 0 atom stereocenters. The monoisotopic (exact) mass is 297 g/mol. The van der Waals surface area contributed by atoms with E-state index in [1.165, 1.54) is 12.1 Å². The van der Waals surface area contributed by atoms with Gasteiger partial charge in [-0.2, -0.15) is 5.10 Å². The molecule has 2 aromatic carbocycles. The lowest BCUT2D eigenvalue weighted by atomic mass is 10.2. The fourth-order valence-electron chi connectivity index (χ4n) is 2.35. The predicted molar refractivity (Wildman–Crippen MR) is 82.6 cm³/mol. The third-order valence-electron chi connectivity index (χ3n) is 3.48. The van der Waals surface area contributed by atoms with Crippen molar-refractivity contribution >= 4 is 16.8 Å². The van der Waals surface area contributed by atoms with Crippen LogP contribution in [0.1, 0.15) is 12.0 Å². The molecular weight excluding hydrogens is 281 g/mol. The van der Waals surface area contributed by atoms with Gasteiger partial charge in [0.05, 0.1) is 18.3 Å². The van der Waals surface area contributed by atoms with Gasteiger partial charge >= 0.3 is 0 Å². The third-order valence-corrected chi connectivity index (χ3v) is 3.48. The van der Waals surface area contributed by atoms with E-state index in [-0.39, 0.29) is 11.7 Å². The van der Waals surface area contributed by atoms with Crippen molar-refractivity contribution in [3.05, 3.63) is 66.1 Å². The minimum atomic E-state index is -0.297. The van der Waals surface area contributed by atoms with Crippen LogP contribution in [0.5, 0.6) is 0 Å². The number of rotatable bonds is 5. The molecule has 0 saturated carbocycles. The van der Waals surface area contributed by atoms with Gasteiger partial charge in [0, 0.05) is 18.4 Å². The summed E-state index contributed by atoms with van der Waals surface area (Å²) in [6.45, 7) is 0.846. The maximum atomic E-state index is 13.0. The second-order valence-corrected chi connectivity index (χ2v) is 5.08. The van der Waals surface area contributed by atoms with Crippen LogP contribution in [-0.2, 0) is 17.9 Å². The number of aryl methyl sites for hydroxylation is 1. The molecule has 3 aromatic rings. The molecule has 5 heteroatoms. The predicted octanol–water partition coefficient (Wildman–Crippen LogP) is 2.88. The van der Waals surface area contributed by atoms with Crippen LogP contribution in [0, 0.1) is 5.82 Å². The van der Waals surface area contributed by atoms with Crippen molar-refractivity contribution < 1.29 is 9.18 Å². The van der Waals surface area contributed by atoms with Gasteiger partial charge in [-0.15, -0.1) is 0 Å². The highest BCUT2D eigenvalue weighted by molar-refractivity contribution is 5.79. The standard InChI is InChI=1S/C17H16FN3O/c18-15-6-3-4-13(10-15)11-19-17(22)8-9-21-16-7-2-1-5-14(16)12-20-21/h1-7,10,12H,8-9,11H2,(H,19,22). The molecule has 1 amide bonds. The Kier molecular flexibility index (Phi) is 4.14. The first kappa shape index (κ1) is 14.3. The Hall–Kier alpha value is -2.69. The largest absolute Gasteiger partial charge is 0.352 e. The lowest BCUT2D eigenvalue weighted by molar-refractivity contribution is -0.121. The minimum Gasteiger partial charge on any atom is -0.352 e. The van der Waals surface area contributed by atoms with Crippen molar-refractivity contribution in [3.63, 3.8) is 0 Å². The van der Waals surface area contributed by atoms with E-state index in [0.29, 0.717) is 19.5 Å². The number of carbonyl (C=O) groups is 1. The molecule has 0 spiro atoms. The summed E-state index contributed by atoms with van der Waals surface area (Å²) in [5, 5.41) is 8.13. The van der Waals surface area contributed by atoms with E-state index in [9.17, 15) is 9.18 Å². The smallest absolute Gasteiger partial charge is 0.222 e. The third kappa shape index (κ3) is 3.31.